The van der Waals surface area contributed by atoms with Gasteiger partial charge in [0.15, 0.2) is 0 Å². The molecule has 0 saturated carbocycles. The molecule has 2 amide bonds. The number of fused-ring (bicyclic) bond motifs is 2. The van der Waals surface area contributed by atoms with Gasteiger partial charge in [-0.05, 0) is 23.3 Å². The maximum absolute atomic E-state index is 12.8. The fourth-order valence-corrected chi connectivity index (χ4v) is 3.62. The molecule has 2 atom stereocenters. The van der Waals surface area contributed by atoms with Crippen molar-refractivity contribution in [2.75, 3.05) is 0 Å². The molecular weight excluding hydrogens is 306 g/mol. The van der Waals surface area contributed by atoms with Crippen LogP contribution in [-0.2, 0) is 16.0 Å². The summed E-state index contributed by atoms with van der Waals surface area (Å²) >= 11 is 0. The number of nitrogens with zero attached hydrogens (tertiary/aromatic N) is 1. The van der Waals surface area contributed by atoms with Crippen LogP contribution in [0.5, 0.6) is 0 Å². The molecule has 1 aliphatic heterocycles. The van der Waals surface area contributed by atoms with Gasteiger partial charge in [0.2, 0.25) is 0 Å². The Morgan fingerprint density at radius 2 is 1.58 bits per heavy atom. The van der Waals surface area contributed by atoms with Crippen LogP contribution < -0.4 is 0 Å². The summed E-state index contributed by atoms with van der Waals surface area (Å²) in [5.41, 5.74) is 2.64. The molecule has 24 heavy (non-hydrogen) atoms. The predicted molar refractivity (Wildman–Crippen MR) is 85.4 cm³/mol. The molecule has 1 heterocycles. The molecule has 5 heteroatoms. The van der Waals surface area contributed by atoms with Gasteiger partial charge in [0, 0.05) is 13.3 Å². The van der Waals surface area contributed by atoms with E-state index < -0.39 is 18.1 Å². The van der Waals surface area contributed by atoms with E-state index in [2.05, 4.69) is 0 Å². The Morgan fingerprint density at radius 1 is 1.00 bits per heavy atom. The third-order valence-corrected chi connectivity index (χ3v) is 4.57. The van der Waals surface area contributed by atoms with Gasteiger partial charge < -0.3 is 4.74 Å². The number of ether oxygens (including phenoxy) is 1. The highest BCUT2D eigenvalue weighted by atomic mass is 16.5. The van der Waals surface area contributed by atoms with E-state index in [-0.39, 0.29) is 11.8 Å². The molecule has 0 N–H and O–H groups in total. The van der Waals surface area contributed by atoms with Crippen molar-refractivity contribution in [1.29, 1.82) is 0 Å². The number of hydrogen-bond acceptors (Lipinski definition) is 4. The van der Waals surface area contributed by atoms with Crippen LogP contribution in [0.25, 0.3) is 0 Å². The molecule has 0 bridgehead atoms. The average molecular weight is 321 g/mol. The molecule has 5 nitrogen and oxygen atoms in total. The van der Waals surface area contributed by atoms with Crippen LogP contribution in [0, 0.1) is 0 Å². The molecule has 1 aliphatic carbocycles. The second-order valence-corrected chi connectivity index (χ2v) is 6.02. The molecule has 0 unspecified atom stereocenters. The van der Waals surface area contributed by atoms with Crippen LogP contribution in [-0.4, -0.2) is 28.8 Å². The zero-order chi connectivity index (χ0) is 16.8. The molecule has 0 spiro atoms. The van der Waals surface area contributed by atoms with Crippen LogP contribution in [0.4, 0.5) is 0 Å². The van der Waals surface area contributed by atoms with Gasteiger partial charge in [0.1, 0.15) is 12.1 Å². The lowest BCUT2D eigenvalue weighted by Crippen LogP contribution is -2.40. The van der Waals surface area contributed by atoms with Crippen LogP contribution in [0.3, 0.4) is 0 Å². The summed E-state index contributed by atoms with van der Waals surface area (Å²) in [7, 11) is 0. The van der Waals surface area contributed by atoms with Gasteiger partial charge in [-0.2, -0.15) is 0 Å². The van der Waals surface area contributed by atoms with E-state index in [1.54, 1.807) is 24.3 Å². The minimum atomic E-state index is -0.586. The maximum atomic E-state index is 12.8. The summed E-state index contributed by atoms with van der Waals surface area (Å²) < 4.78 is 5.43. The van der Waals surface area contributed by atoms with Gasteiger partial charge in [-0.25, -0.2) is 0 Å². The Balaban J connectivity index is 1.80. The third-order valence-electron chi connectivity index (χ3n) is 4.57. The van der Waals surface area contributed by atoms with Crippen LogP contribution >= 0.6 is 0 Å². The second-order valence-electron chi connectivity index (χ2n) is 6.02. The highest BCUT2D eigenvalue weighted by Crippen LogP contribution is 2.41. The average Bonchev–Trinajstić information content (AvgIpc) is 3.03. The van der Waals surface area contributed by atoms with Gasteiger partial charge in [-0.15, -0.1) is 0 Å². The third kappa shape index (κ3) is 2.05. The van der Waals surface area contributed by atoms with Crippen LogP contribution in [0.1, 0.15) is 44.8 Å². The number of benzene rings is 2. The number of imide groups is 1. The first-order valence-corrected chi connectivity index (χ1v) is 7.80. The monoisotopic (exact) mass is 321 g/mol. The zero-order valence-electron chi connectivity index (χ0n) is 13.1. The van der Waals surface area contributed by atoms with E-state index in [9.17, 15) is 14.4 Å². The number of amides is 2. The lowest BCUT2D eigenvalue weighted by Gasteiger charge is -2.28. The predicted octanol–water partition coefficient (Wildman–Crippen LogP) is 2.51. The van der Waals surface area contributed by atoms with Gasteiger partial charge in [-0.1, -0.05) is 36.4 Å². The normalized spacial score (nSPS) is 21.6. The Kier molecular flexibility index (Phi) is 3.23. The molecular formula is C19H15NO4. The maximum Gasteiger partial charge on any atom is 0.302 e. The van der Waals surface area contributed by atoms with Crippen molar-refractivity contribution in [2.45, 2.75) is 25.5 Å². The van der Waals surface area contributed by atoms with E-state index in [1.807, 2.05) is 24.3 Å². The number of esters is 1. The molecule has 0 fully saturated rings. The molecule has 2 aromatic rings. The highest BCUT2D eigenvalue weighted by Gasteiger charge is 2.47. The van der Waals surface area contributed by atoms with Gasteiger partial charge in [0.25, 0.3) is 11.8 Å². The summed E-state index contributed by atoms with van der Waals surface area (Å²) in [6, 6.07) is 13.8. The largest absolute Gasteiger partial charge is 0.460 e. The van der Waals surface area contributed by atoms with E-state index in [1.165, 1.54) is 11.8 Å². The van der Waals surface area contributed by atoms with Crippen molar-refractivity contribution >= 4 is 17.8 Å². The number of carbonyl (C=O) groups is 3. The first-order valence-electron chi connectivity index (χ1n) is 7.80. The molecule has 0 saturated heterocycles. The molecule has 4 rings (SSSR count). The summed E-state index contributed by atoms with van der Waals surface area (Å²) in [6.45, 7) is 1.34. The van der Waals surface area contributed by atoms with Crippen molar-refractivity contribution in [2.24, 2.45) is 0 Å². The van der Waals surface area contributed by atoms with Crippen LogP contribution in [0.2, 0.25) is 0 Å². The molecule has 2 aromatic carbocycles. The minimum absolute atomic E-state index is 0.338. The first-order chi connectivity index (χ1) is 11.6. The van der Waals surface area contributed by atoms with E-state index >= 15 is 0 Å². The summed E-state index contributed by atoms with van der Waals surface area (Å²) in [6.07, 6.45) is -0.0597. The Hall–Kier alpha value is -2.95. The van der Waals surface area contributed by atoms with Crippen molar-refractivity contribution in [3.05, 3.63) is 70.8 Å². The second kappa shape index (κ2) is 5.30. The Bertz CT molecular complexity index is 838. The topological polar surface area (TPSA) is 63.7 Å². The molecule has 120 valence electrons. The fraction of sp³-hybridized carbons (Fsp3) is 0.211. The van der Waals surface area contributed by atoms with Crippen molar-refractivity contribution in [3.63, 3.8) is 0 Å². The molecule has 2 aliphatic rings. The summed E-state index contributed by atoms with van der Waals surface area (Å²) in [5.74, 6) is -1.10. The standard InChI is InChI=1S/C19H15NO4/c1-11(21)24-16-10-12-6-2-3-7-13(12)17(16)20-18(22)14-8-4-5-9-15(14)19(20)23/h2-9,16-17H,10H2,1H3/t16-,17-/m0/s1. The van der Waals surface area contributed by atoms with E-state index in [4.69, 9.17) is 4.74 Å². The molecule has 0 aromatic heterocycles. The first kappa shape index (κ1) is 14.6. The van der Waals surface area contributed by atoms with Crippen LogP contribution in [0.15, 0.2) is 48.5 Å². The lowest BCUT2D eigenvalue weighted by molar-refractivity contribution is -0.148. The summed E-state index contributed by atoms with van der Waals surface area (Å²) in [5, 5.41) is 0. The number of hydrogen-bond donors (Lipinski definition) is 0. The van der Waals surface area contributed by atoms with Gasteiger partial charge in [0.05, 0.1) is 11.1 Å². The lowest BCUT2D eigenvalue weighted by atomic mass is 10.1. The zero-order valence-corrected chi connectivity index (χ0v) is 13.1. The minimum Gasteiger partial charge on any atom is -0.460 e. The van der Waals surface area contributed by atoms with Gasteiger partial charge >= 0.3 is 5.97 Å². The van der Waals surface area contributed by atoms with Crippen molar-refractivity contribution < 1.29 is 19.1 Å². The van der Waals surface area contributed by atoms with E-state index in [0.717, 1.165) is 11.1 Å². The summed E-state index contributed by atoms with van der Waals surface area (Å²) in [4.78, 5) is 38.3. The Morgan fingerprint density at radius 3 is 2.21 bits per heavy atom. The number of rotatable bonds is 2. The van der Waals surface area contributed by atoms with Crippen molar-refractivity contribution in [3.8, 4) is 0 Å². The van der Waals surface area contributed by atoms with E-state index in [0.29, 0.717) is 17.5 Å². The number of carbonyl (C=O) groups excluding carboxylic acids is 3. The smallest absolute Gasteiger partial charge is 0.302 e. The highest BCUT2D eigenvalue weighted by molar-refractivity contribution is 6.21. The van der Waals surface area contributed by atoms with Gasteiger partial charge in [-0.3, -0.25) is 19.3 Å². The molecule has 0 radical (unpaired) electrons. The SMILES string of the molecule is CC(=O)O[C@H]1Cc2ccccc2[C@@H]1N1C(=O)c2ccccc2C1=O. The quantitative estimate of drug-likeness (QED) is 0.630. The fourth-order valence-electron chi connectivity index (χ4n) is 3.62. The Labute approximate surface area is 138 Å². The van der Waals surface area contributed by atoms with Crippen molar-refractivity contribution in [1.82, 2.24) is 4.90 Å².